The summed E-state index contributed by atoms with van der Waals surface area (Å²) < 4.78 is 18.4. The molecule has 1 aliphatic rings. The lowest BCUT2D eigenvalue weighted by Gasteiger charge is -2.22. The fourth-order valence-corrected chi connectivity index (χ4v) is 2.53. The van der Waals surface area contributed by atoms with Gasteiger partial charge in [0.1, 0.15) is 0 Å². The normalized spacial score (nSPS) is 16.1. The molecular weight excluding hydrogens is 245 g/mol. The number of hydrogen-bond donors (Lipinski definition) is 1. The third-order valence-electron chi connectivity index (χ3n) is 3.55. The van der Waals surface area contributed by atoms with Crippen LogP contribution in [-0.2, 0) is 11.2 Å². The summed E-state index contributed by atoms with van der Waals surface area (Å²) >= 11 is 0. The fourth-order valence-electron chi connectivity index (χ4n) is 2.53. The second-order valence-corrected chi connectivity index (χ2v) is 5.05. The third kappa shape index (κ3) is 3.94. The van der Waals surface area contributed by atoms with Crippen LogP contribution in [0, 0.1) is 5.82 Å². The van der Waals surface area contributed by atoms with Crippen molar-refractivity contribution in [3.8, 4) is 5.75 Å². The lowest BCUT2D eigenvalue weighted by atomic mass is 9.95. The summed E-state index contributed by atoms with van der Waals surface area (Å²) in [5, 5.41) is 3.02. The van der Waals surface area contributed by atoms with Crippen LogP contribution < -0.4 is 10.1 Å². The van der Waals surface area contributed by atoms with Gasteiger partial charge in [0.15, 0.2) is 11.6 Å². The van der Waals surface area contributed by atoms with Crippen LogP contribution in [0.1, 0.15) is 37.7 Å². The Bertz CT molecular complexity index is 442. The number of ether oxygens (including phenoxy) is 1. The molecule has 1 aromatic carbocycles. The maximum Gasteiger partial charge on any atom is 0.224 e. The minimum atomic E-state index is -0.425. The van der Waals surface area contributed by atoms with Crippen molar-refractivity contribution in [1.29, 1.82) is 0 Å². The molecule has 2 rings (SSSR count). The molecule has 0 bridgehead atoms. The van der Waals surface area contributed by atoms with Crippen LogP contribution in [-0.4, -0.2) is 19.1 Å². The van der Waals surface area contributed by atoms with E-state index in [-0.39, 0.29) is 18.1 Å². The molecule has 1 fully saturated rings. The van der Waals surface area contributed by atoms with E-state index in [1.807, 2.05) is 0 Å². The number of carbonyl (C=O) groups excluding carboxylic acids is 1. The smallest absolute Gasteiger partial charge is 0.224 e. The molecule has 1 saturated carbocycles. The maximum atomic E-state index is 13.5. The molecule has 0 aromatic heterocycles. The average Bonchev–Trinajstić information content (AvgIpc) is 2.40. The van der Waals surface area contributed by atoms with E-state index in [1.165, 1.54) is 32.4 Å². The molecule has 19 heavy (non-hydrogen) atoms. The first-order valence-electron chi connectivity index (χ1n) is 6.81. The Morgan fingerprint density at radius 2 is 2.11 bits per heavy atom. The van der Waals surface area contributed by atoms with Gasteiger partial charge in [-0.25, -0.2) is 4.39 Å². The van der Waals surface area contributed by atoms with E-state index in [9.17, 15) is 9.18 Å². The zero-order chi connectivity index (χ0) is 13.7. The minimum Gasteiger partial charge on any atom is -0.494 e. The summed E-state index contributed by atoms with van der Waals surface area (Å²) in [7, 11) is 1.42. The zero-order valence-electron chi connectivity index (χ0n) is 11.2. The maximum absolute atomic E-state index is 13.5. The van der Waals surface area contributed by atoms with Crippen molar-refractivity contribution in [3.05, 3.63) is 29.6 Å². The summed E-state index contributed by atoms with van der Waals surface area (Å²) in [6.07, 6.45) is 5.96. The van der Waals surface area contributed by atoms with Crippen LogP contribution in [0.3, 0.4) is 0 Å². The number of benzene rings is 1. The van der Waals surface area contributed by atoms with Gasteiger partial charge in [-0.2, -0.15) is 0 Å². The Labute approximate surface area is 113 Å². The van der Waals surface area contributed by atoms with Gasteiger partial charge in [0, 0.05) is 6.04 Å². The van der Waals surface area contributed by atoms with Crippen LogP contribution in [0.15, 0.2) is 18.2 Å². The molecule has 0 heterocycles. The quantitative estimate of drug-likeness (QED) is 0.909. The number of methoxy groups -OCH3 is 1. The van der Waals surface area contributed by atoms with E-state index >= 15 is 0 Å². The number of amides is 1. The monoisotopic (exact) mass is 265 g/mol. The van der Waals surface area contributed by atoms with Crippen molar-refractivity contribution in [2.45, 2.75) is 44.6 Å². The van der Waals surface area contributed by atoms with E-state index in [2.05, 4.69) is 5.32 Å². The predicted octanol–water partition coefficient (Wildman–Crippen LogP) is 2.83. The Morgan fingerprint density at radius 3 is 2.74 bits per heavy atom. The summed E-state index contributed by atoms with van der Waals surface area (Å²) in [6.45, 7) is 0. The van der Waals surface area contributed by atoms with Crippen molar-refractivity contribution in [2.24, 2.45) is 0 Å². The van der Waals surface area contributed by atoms with Gasteiger partial charge in [-0.15, -0.1) is 0 Å². The van der Waals surface area contributed by atoms with Crippen LogP contribution in [0.5, 0.6) is 5.75 Å². The van der Waals surface area contributed by atoms with Crippen LogP contribution in [0.4, 0.5) is 4.39 Å². The van der Waals surface area contributed by atoms with Gasteiger partial charge >= 0.3 is 0 Å². The number of halogens is 1. The van der Waals surface area contributed by atoms with Gasteiger partial charge in [0.25, 0.3) is 0 Å². The van der Waals surface area contributed by atoms with Crippen molar-refractivity contribution >= 4 is 5.91 Å². The molecule has 0 radical (unpaired) electrons. The Hall–Kier alpha value is -1.58. The summed E-state index contributed by atoms with van der Waals surface area (Å²) in [4.78, 5) is 11.9. The minimum absolute atomic E-state index is 0.0310. The first-order chi connectivity index (χ1) is 9.19. The number of carbonyl (C=O) groups is 1. The zero-order valence-corrected chi connectivity index (χ0v) is 11.2. The van der Waals surface area contributed by atoms with Crippen molar-refractivity contribution in [2.75, 3.05) is 7.11 Å². The Balaban J connectivity index is 1.89. The van der Waals surface area contributed by atoms with Gasteiger partial charge in [-0.05, 0) is 30.5 Å². The van der Waals surface area contributed by atoms with Crippen molar-refractivity contribution < 1.29 is 13.9 Å². The topological polar surface area (TPSA) is 38.3 Å². The standard InChI is InChI=1S/C15H20FNO2/c1-19-14-8-7-11(9-13(14)16)10-15(18)17-12-5-3-2-4-6-12/h7-9,12H,2-6,10H2,1H3,(H,17,18). The summed E-state index contributed by atoms with van der Waals surface area (Å²) in [5.74, 6) is -0.252. The van der Waals surface area contributed by atoms with Gasteiger partial charge < -0.3 is 10.1 Å². The predicted molar refractivity (Wildman–Crippen MR) is 71.7 cm³/mol. The molecule has 0 atom stereocenters. The first-order valence-corrected chi connectivity index (χ1v) is 6.81. The van der Waals surface area contributed by atoms with E-state index in [1.54, 1.807) is 12.1 Å². The van der Waals surface area contributed by atoms with E-state index in [0.29, 0.717) is 11.6 Å². The summed E-state index contributed by atoms with van der Waals surface area (Å²) in [6, 6.07) is 4.93. The molecule has 1 N–H and O–H groups in total. The molecule has 0 saturated heterocycles. The Morgan fingerprint density at radius 1 is 1.37 bits per heavy atom. The second kappa shape index (κ2) is 6.55. The highest BCUT2D eigenvalue weighted by Gasteiger charge is 2.16. The van der Waals surface area contributed by atoms with Gasteiger partial charge in [-0.1, -0.05) is 25.3 Å². The molecule has 104 valence electrons. The first kappa shape index (κ1) is 13.8. The number of nitrogens with one attached hydrogen (secondary N) is 1. The van der Waals surface area contributed by atoms with E-state index in [4.69, 9.17) is 4.74 Å². The second-order valence-electron chi connectivity index (χ2n) is 5.05. The van der Waals surface area contributed by atoms with Crippen molar-refractivity contribution in [1.82, 2.24) is 5.32 Å². The van der Waals surface area contributed by atoms with Crippen LogP contribution >= 0.6 is 0 Å². The molecule has 0 aliphatic heterocycles. The molecule has 1 amide bonds. The lowest BCUT2D eigenvalue weighted by molar-refractivity contribution is -0.121. The average molecular weight is 265 g/mol. The molecular formula is C15H20FNO2. The van der Waals surface area contributed by atoms with Gasteiger partial charge in [0.05, 0.1) is 13.5 Å². The highest BCUT2D eigenvalue weighted by Crippen LogP contribution is 2.19. The lowest BCUT2D eigenvalue weighted by Crippen LogP contribution is -2.37. The van der Waals surface area contributed by atoms with E-state index in [0.717, 1.165) is 12.8 Å². The van der Waals surface area contributed by atoms with Gasteiger partial charge in [0.2, 0.25) is 5.91 Å². The van der Waals surface area contributed by atoms with Gasteiger partial charge in [-0.3, -0.25) is 4.79 Å². The highest BCUT2D eigenvalue weighted by molar-refractivity contribution is 5.78. The largest absolute Gasteiger partial charge is 0.494 e. The number of hydrogen-bond acceptors (Lipinski definition) is 2. The third-order valence-corrected chi connectivity index (χ3v) is 3.55. The van der Waals surface area contributed by atoms with Crippen LogP contribution in [0.25, 0.3) is 0 Å². The SMILES string of the molecule is COc1ccc(CC(=O)NC2CCCCC2)cc1F. The van der Waals surface area contributed by atoms with E-state index < -0.39 is 5.82 Å². The Kier molecular flexibility index (Phi) is 4.77. The highest BCUT2D eigenvalue weighted by atomic mass is 19.1. The molecule has 3 nitrogen and oxygen atoms in total. The molecule has 1 aromatic rings. The van der Waals surface area contributed by atoms with Crippen molar-refractivity contribution in [3.63, 3.8) is 0 Å². The molecule has 4 heteroatoms. The summed E-state index contributed by atoms with van der Waals surface area (Å²) in [5.41, 5.74) is 0.673. The molecule has 1 aliphatic carbocycles. The van der Waals surface area contributed by atoms with Crippen LogP contribution in [0.2, 0.25) is 0 Å². The number of rotatable bonds is 4. The molecule has 0 unspecified atom stereocenters. The molecule has 0 spiro atoms. The fraction of sp³-hybridized carbons (Fsp3) is 0.533.